The average molecular weight is 278 g/mol. The normalized spacial score (nSPS) is 27.1. The third-order valence-corrected chi connectivity index (χ3v) is 5.59. The molecule has 3 nitrogen and oxygen atoms in total. The quantitative estimate of drug-likeness (QED) is 0.903. The highest BCUT2D eigenvalue weighted by molar-refractivity contribution is 7.10. The van der Waals surface area contributed by atoms with E-state index < -0.39 is 0 Å². The summed E-state index contributed by atoms with van der Waals surface area (Å²) < 4.78 is 0. The highest BCUT2D eigenvalue weighted by Crippen LogP contribution is 2.28. The van der Waals surface area contributed by atoms with Crippen molar-refractivity contribution in [2.45, 2.75) is 51.1 Å². The molecule has 1 aromatic heterocycles. The van der Waals surface area contributed by atoms with Crippen molar-refractivity contribution in [1.29, 1.82) is 0 Å². The summed E-state index contributed by atoms with van der Waals surface area (Å²) in [5.74, 6) is 0.712. The van der Waals surface area contributed by atoms with Crippen LogP contribution >= 0.6 is 11.3 Å². The van der Waals surface area contributed by atoms with Crippen LogP contribution in [0.5, 0.6) is 0 Å². The summed E-state index contributed by atoms with van der Waals surface area (Å²) in [7, 11) is 0. The van der Waals surface area contributed by atoms with E-state index >= 15 is 0 Å². The predicted octanol–water partition coefficient (Wildman–Crippen LogP) is 2.54. The number of hydrogen-bond donors (Lipinski definition) is 1. The molecule has 0 radical (unpaired) electrons. The van der Waals surface area contributed by atoms with Gasteiger partial charge in [0.15, 0.2) is 0 Å². The highest BCUT2D eigenvalue weighted by Gasteiger charge is 2.28. The number of carbonyl (C=O) groups is 1. The fourth-order valence-electron chi connectivity index (χ4n) is 3.30. The molecule has 0 bridgehead atoms. The molecule has 1 aliphatic heterocycles. The lowest BCUT2D eigenvalue weighted by atomic mass is 9.82. The van der Waals surface area contributed by atoms with Gasteiger partial charge in [-0.15, -0.1) is 11.3 Å². The average Bonchev–Trinajstić information content (AvgIpc) is 2.88. The summed E-state index contributed by atoms with van der Waals surface area (Å²) in [5.41, 5.74) is 7.49. The largest absolute Gasteiger partial charge is 0.338 e. The van der Waals surface area contributed by atoms with Crippen molar-refractivity contribution in [3.8, 4) is 0 Å². The standard InChI is InChI=1S/C15H22N2OS/c16-13-4-2-1-3-11(13)9-15(18)17-7-5-14-12(10-17)6-8-19-14/h6,8,11,13H,1-5,7,9-10,16H2. The fourth-order valence-corrected chi connectivity index (χ4v) is 4.19. The van der Waals surface area contributed by atoms with E-state index in [1.165, 1.54) is 23.3 Å². The van der Waals surface area contributed by atoms with Gasteiger partial charge in [0.25, 0.3) is 0 Å². The maximum atomic E-state index is 12.4. The molecule has 0 spiro atoms. The molecular weight excluding hydrogens is 256 g/mol. The smallest absolute Gasteiger partial charge is 0.223 e. The lowest BCUT2D eigenvalue weighted by Crippen LogP contribution is -2.40. The summed E-state index contributed by atoms with van der Waals surface area (Å²) >= 11 is 1.82. The van der Waals surface area contributed by atoms with E-state index in [1.807, 2.05) is 16.2 Å². The van der Waals surface area contributed by atoms with E-state index in [0.717, 1.165) is 32.4 Å². The van der Waals surface area contributed by atoms with Crippen molar-refractivity contribution >= 4 is 17.2 Å². The Hall–Kier alpha value is -0.870. The van der Waals surface area contributed by atoms with Crippen LogP contribution in [0.1, 0.15) is 42.5 Å². The van der Waals surface area contributed by atoms with Gasteiger partial charge in [0.05, 0.1) is 0 Å². The third kappa shape index (κ3) is 2.84. The molecular formula is C15H22N2OS. The number of thiophene rings is 1. The summed E-state index contributed by atoms with van der Waals surface area (Å²) in [6.07, 6.45) is 6.36. The van der Waals surface area contributed by atoms with Gasteiger partial charge in [-0.3, -0.25) is 4.79 Å². The molecule has 2 N–H and O–H groups in total. The van der Waals surface area contributed by atoms with Crippen LogP contribution in [0.3, 0.4) is 0 Å². The number of nitrogens with zero attached hydrogens (tertiary/aromatic N) is 1. The first-order chi connectivity index (χ1) is 9.24. The number of fused-ring (bicyclic) bond motifs is 1. The molecule has 1 aliphatic carbocycles. The van der Waals surface area contributed by atoms with E-state index in [1.54, 1.807) is 0 Å². The van der Waals surface area contributed by atoms with Gasteiger partial charge in [-0.2, -0.15) is 0 Å². The van der Waals surface area contributed by atoms with Gasteiger partial charge in [-0.1, -0.05) is 12.8 Å². The number of carbonyl (C=O) groups excluding carboxylic acids is 1. The Morgan fingerprint density at radius 2 is 2.26 bits per heavy atom. The Morgan fingerprint density at radius 1 is 1.42 bits per heavy atom. The van der Waals surface area contributed by atoms with Gasteiger partial charge in [-0.25, -0.2) is 0 Å². The highest BCUT2D eigenvalue weighted by atomic mass is 32.1. The predicted molar refractivity (Wildman–Crippen MR) is 78.0 cm³/mol. The van der Waals surface area contributed by atoms with Gasteiger partial charge >= 0.3 is 0 Å². The molecule has 2 unspecified atom stereocenters. The van der Waals surface area contributed by atoms with Crippen LogP contribution in [0, 0.1) is 5.92 Å². The maximum absolute atomic E-state index is 12.4. The Labute approximate surface area is 118 Å². The molecule has 0 saturated heterocycles. The van der Waals surface area contributed by atoms with E-state index in [4.69, 9.17) is 5.73 Å². The molecule has 0 aromatic carbocycles. The van der Waals surface area contributed by atoms with Gasteiger partial charge < -0.3 is 10.6 Å². The summed E-state index contributed by atoms with van der Waals surface area (Å²) in [4.78, 5) is 15.9. The minimum atomic E-state index is 0.235. The lowest BCUT2D eigenvalue weighted by molar-refractivity contribution is -0.133. The molecule has 2 heterocycles. The summed E-state index contributed by atoms with van der Waals surface area (Å²) in [5, 5.41) is 2.13. The second kappa shape index (κ2) is 5.63. The van der Waals surface area contributed by atoms with E-state index in [-0.39, 0.29) is 6.04 Å². The number of rotatable bonds is 2. The van der Waals surface area contributed by atoms with Crippen LogP contribution in [0.25, 0.3) is 0 Å². The first kappa shape index (κ1) is 13.1. The molecule has 1 aromatic rings. The molecule has 1 fully saturated rings. The Balaban J connectivity index is 1.59. The first-order valence-electron chi connectivity index (χ1n) is 7.32. The number of hydrogen-bond acceptors (Lipinski definition) is 3. The topological polar surface area (TPSA) is 46.3 Å². The third-order valence-electron chi connectivity index (χ3n) is 4.57. The van der Waals surface area contributed by atoms with Crippen LogP contribution in [0.2, 0.25) is 0 Å². The van der Waals surface area contributed by atoms with Crippen molar-refractivity contribution in [2.24, 2.45) is 11.7 Å². The second-order valence-electron chi connectivity index (χ2n) is 5.85. The molecule has 2 aliphatic rings. The summed E-state index contributed by atoms with van der Waals surface area (Å²) in [6, 6.07) is 2.39. The molecule has 19 heavy (non-hydrogen) atoms. The minimum absolute atomic E-state index is 0.235. The molecule has 104 valence electrons. The zero-order valence-corrected chi connectivity index (χ0v) is 12.1. The van der Waals surface area contributed by atoms with Gasteiger partial charge in [0, 0.05) is 30.4 Å². The maximum Gasteiger partial charge on any atom is 0.223 e. The molecule has 3 rings (SSSR count). The molecule has 1 amide bonds. The summed E-state index contributed by atoms with van der Waals surface area (Å²) in [6.45, 7) is 1.69. The Morgan fingerprint density at radius 3 is 3.11 bits per heavy atom. The van der Waals surface area contributed by atoms with Crippen LogP contribution in [-0.2, 0) is 17.8 Å². The van der Waals surface area contributed by atoms with Gasteiger partial charge in [0.2, 0.25) is 5.91 Å². The number of nitrogens with two attached hydrogens (primary N) is 1. The van der Waals surface area contributed by atoms with Crippen molar-refractivity contribution < 1.29 is 4.79 Å². The van der Waals surface area contributed by atoms with Gasteiger partial charge in [-0.05, 0) is 42.2 Å². The van der Waals surface area contributed by atoms with Crippen molar-refractivity contribution in [3.63, 3.8) is 0 Å². The monoisotopic (exact) mass is 278 g/mol. The van der Waals surface area contributed by atoms with Crippen LogP contribution in [0.4, 0.5) is 0 Å². The Bertz CT molecular complexity index is 457. The zero-order chi connectivity index (χ0) is 13.2. The van der Waals surface area contributed by atoms with Crippen molar-refractivity contribution in [2.75, 3.05) is 6.54 Å². The molecule has 4 heteroatoms. The van der Waals surface area contributed by atoms with Crippen molar-refractivity contribution in [3.05, 3.63) is 21.9 Å². The second-order valence-corrected chi connectivity index (χ2v) is 6.85. The van der Waals surface area contributed by atoms with E-state index in [9.17, 15) is 4.79 Å². The first-order valence-corrected chi connectivity index (χ1v) is 8.20. The van der Waals surface area contributed by atoms with Crippen LogP contribution < -0.4 is 5.73 Å². The van der Waals surface area contributed by atoms with E-state index in [0.29, 0.717) is 18.2 Å². The van der Waals surface area contributed by atoms with Gasteiger partial charge in [0.1, 0.15) is 0 Å². The van der Waals surface area contributed by atoms with Crippen LogP contribution in [-0.4, -0.2) is 23.4 Å². The lowest BCUT2D eigenvalue weighted by Gasteiger charge is -2.32. The Kier molecular flexibility index (Phi) is 3.89. The molecule has 2 atom stereocenters. The van der Waals surface area contributed by atoms with E-state index in [2.05, 4.69) is 11.4 Å². The van der Waals surface area contributed by atoms with Crippen molar-refractivity contribution in [1.82, 2.24) is 4.90 Å². The SMILES string of the molecule is NC1CCCCC1CC(=O)N1CCc2sccc2C1. The molecule has 1 saturated carbocycles. The van der Waals surface area contributed by atoms with Crippen LogP contribution in [0.15, 0.2) is 11.4 Å². The minimum Gasteiger partial charge on any atom is -0.338 e. The number of amides is 1. The zero-order valence-electron chi connectivity index (χ0n) is 11.3. The fraction of sp³-hybridized carbons (Fsp3) is 0.667.